The molecular formula is C11H9N3S. The van der Waals surface area contributed by atoms with Crippen LogP contribution in [0.5, 0.6) is 0 Å². The van der Waals surface area contributed by atoms with E-state index in [1.807, 2.05) is 35.8 Å². The van der Waals surface area contributed by atoms with E-state index in [4.69, 9.17) is 0 Å². The Bertz CT molecular complexity index is 450. The smallest absolute Gasteiger partial charge is 0.116 e. The summed E-state index contributed by atoms with van der Waals surface area (Å²) in [6.45, 7) is 0. The minimum Gasteiger partial charge on any atom is -0.265 e. The van der Waals surface area contributed by atoms with E-state index in [2.05, 4.69) is 15.0 Å². The minimum atomic E-state index is 1.04. The number of rotatable bonds is 0. The predicted molar refractivity (Wildman–Crippen MR) is 61.7 cm³/mol. The summed E-state index contributed by atoms with van der Waals surface area (Å²) in [6, 6.07) is 7.70. The van der Waals surface area contributed by atoms with Gasteiger partial charge in [-0.05, 0) is 23.6 Å². The van der Waals surface area contributed by atoms with Gasteiger partial charge in [0.15, 0.2) is 0 Å². The van der Waals surface area contributed by atoms with Crippen LogP contribution in [0.15, 0.2) is 54.6 Å². The van der Waals surface area contributed by atoms with Crippen molar-refractivity contribution in [1.82, 2.24) is 15.0 Å². The second kappa shape index (κ2) is 5.17. The van der Waals surface area contributed by atoms with Gasteiger partial charge in [0.2, 0.25) is 0 Å². The standard InChI is InChI=1S/C6H4N2S.C5H5N/c1-2-9-6-3-7-4-8-5(1)6;1-2-4-6-5-3-1/h1-4H;1-5H. The van der Waals surface area contributed by atoms with Gasteiger partial charge in [0, 0.05) is 18.6 Å². The number of nitrogens with zero attached hydrogens (tertiary/aromatic N) is 3. The van der Waals surface area contributed by atoms with Crippen molar-refractivity contribution >= 4 is 21.6 Å². The molecular weight excluding hydrogens is 206 g/mol. The Hall–Kier alpha value is -1.81. The minimum absolute atomic E-state index is 1.04. The first-order chi connectivity index (χ1) is 7.47. The quantitative estimate of drug-likeness (QED) is 0.578. The van der Waals surface area contributed by atoms with E-state index in [-0.39, 0.29) is 0 Å². The van der Waals surface area contributed by atoms with Crippen LogP contribution in [0.4, 0.5) is 0 Å². The van der Waals surface area contributed by atoms with Gasteiger partial charge >= 0.3 is 0 Å². The second-order valence-corrected chi connectivity index (χ2v) is 3.67. The van der Waals surface area contributed by atoms with E-state index in [0.717, 1.165) is 10.2 Å². The molecule has 0 aliphatic carbocycles. The Kier molecular flexibility index (Phi) is 3.35. The second-order valence-electron chi connectivity index (χ2n) is 2.72. The van der Waals surface area contributed by atoms with Gasteiger partial charge in [-0.25, -0.2) is 9.97 Å². The molecule has 0 aromatic carbocycles. The molecule has 15 heavy (non-hydrogen) atoms. The lowest BCUT2D eigenvalue weighted by Gasteiger charge is -1.81. The summed E-state index contributed by atoms with van der Waals surface area (Å²) in [6.07, 6.45) is 6.89. The third-order valence-corrected chi connectivity index (χ3v) is 2.54. The zero-order chi connectivity index (χ0) is 10.3. The molecule has 0 fully saturated rings. The maximum atomic E-state index is 4.04. The largest absolute Gasteiger partial charge is 0.265 e. The fourth-order valence-electron chi connectivity index (χ4n) is 1.03. The number of hydrogen-bond acceptors (Lipinski definition) is 4. The normalized spacial score (nSPS) is 9.33. The molecule has 0 unspecified atom stereocenters. The molecule has 74 valence electrons. The van der Waals surface area contributed by atoms with Gasteiger partial charge in [-0.1, -0.05) is 6.07 Å². The summed E-state index contributed by atoms with van der Waals surface area (Å²) < 4.78 is 1.15. The summed E-state index contributed by atoms with van der Waals surface area (Å²) >= 11 is 1.66. The van der Waals surface area contributed by atoms with Gasteiger partial charge in [0.25, 0.3) is 0 Å². The maximum absolute atomic E-state index is 4.04. The Labute approximate surface area is 91.5 Å². The average Bonchev–Trinajstić information content (AvgIpc) is 2.80. The molecule has 0 N–H and O–H groups in total. The van der Waals surface area contributed by atoms with E-state index in [1.54, 1.807) is 30.1 Å². The molecule has 0 radical (unpaired) electrons. The highest BCUT2D eigenvalue weighted by Crippen LogP contribution is 2.15. The van der Waals surface area contributed by atoms with Gasteiger partial charge in [0.05, 0.1) is 10.2 Å². The molecule has 0 amide bonds. The van der Waals surface area contributed by atoms with Crippen LogP contribution in [0.2, 0.25) is 0 Å². The fourth-order valence-corrected chi connectivity index (χ4v) is 1.73. The fraction of sp³-hybridized carbons (Fsp3) is 0. The average molecular weight is 215 g/mol. The monoisotopic (exact) mass is 215 g/mol. The molecule has 0 aliphatic rings. The number of hydrogen-bond donors (Lipinski definition) is 0. The lowest BCUT2D eigenvalue weighted by atomic mass is 10.5. The maximum Gasteiger partial charge on any atom is 0.116 e. The Morgan fingerprint density at radius 3 is 2.47 bits per heavy atom. The van der Waals surface area contributed by atoms with E-state index < -0.39 is 0 Å². The van der Waals surface area contributed by atoms with Crippen molar-refractivity contribution in [3.8, 4) is 0 Å². The summed E-state index contributed by atoms with van der Waals surface area (Å²) in [5, 5.41) is 2.01. The lowest BCUT2D eigenvalue weighted by Crippen LogP contribution is -1.72. The first kappa shape index (κ1) is 9.73. The van der Waals surface area contributed by atoms with Crippen molar-refractivity contribution in [3.63, 3.8) is 0 Å². The van der Waals surface area contributed by atoms with Gasteiger partial charge in [-0.15, -0.1) is 11.3 Å². The van der Waals surface area contributed by atoms with Crippen LogP contribution >= 0.6 is 11.3 Å². The summed E-state index contributed by atoms with van der Waals surface area (Å²) in [7, 11) is 0. The first-order valence-corrected chi connectivity index (χ1v) is 5.33. The molecule has 3 heterocycles. The van der Waals surface area contributed by atoms with Crippen molar-refractivity contribution in [2.45, 2.75) is 0 Å². The molecule has 0 saturated carbocycles. The van der Waals surface area contributed by atoms with Gasteiger partial charge in [-0.2, -0.15) is 0 Å². The zero-order valence-electron chi connectivity index (χ0n) is 7.95. The van der Waals surface area contributed by atoms with Crippen molar-refractivity contribution in [2.24, 2.45) is 0 Å². The van der Waals surface area contributed by atoms with E-state index in [1.165, 1.54) is 0 Å². The molecule has 0 spiro atoms. The number of aromatic nitrogens is 3. The third-order valence-electron chi connectivity index (χ3n) is 1.70. The molecule has 4 heteroatoms. The van der Waals surface area contributed by atoms with Crippen molar-refractivity contribution < 1.29 is 0 Å². The lowest BCUT2D eigenvalue weighted by molar-refractivity contribution is 1.23. The summed E-state index contributed by atoms with van der Waals surface area (Å²) in [5.74, 6) is 0. The van der Waals surface area contributed by atoms with E-state index >= 15 is 0 Å². The molecule has 3 rings (SSSR count). The molecule has 0 saturated heterocycles. The molecule has 0 atom stereocenters. The van der Waals surface area contributed by atoms with Gasteiger partial charge in [0.1, 0.15) is 6.33 Å². The predicted octanol–water partition coefficient (Wildman–Crippen LogP) is 2.77. The van der Waals surface area contributed by atoms with Crippen LogP contribution in [0.1, 0.15) is 0 Å². The van der Waals surface area contributed by atoms with Crippen molar-refractivity contribution in [1.29, 1.82) is 0 Å². The SMILES string of the molecule is c1ccncc1.c1ncc2sccc2n1. The van der Waals surface area contributed by atoms with E-state index in [9.17, 15) is 0 Å². The van der Waals surface area contributed by atoms with E-state index in [0.29, 0.717) is 0 Å². The van der Waals surface area contributed by atoms with Crippen LogP contribution in [0.25, 0.3) is 10.2 Å². The van der Waals surface area contributed by atoms with Crippen LogP contribution in [-0.2, 0) is 0 Å². The topological polar surface area (TPSA) is 38.7 Å². The summed E-state index contributed by atoms with van der Waals surface area (Å²) in [4.78, 5) is 11.7. The van der Waals surface area contributed by atoms with Crippen molar-refractivity contribution in [3.05, 3.63) is 54.6 Å². The highest BCUT2D eigenvalue weighted by atomic mass is 32.1. The highest BCUT2D eigenvalue weighted by Gasteiger charge is 1.90. The Morgan fingerprint density at radius 1 is 1.00 bits per heavy atom. The van der Waals surface area contributed by atoms with Crippen LogP contribution in [0.3, 0.4) is 0 Å². The summed E-state index contributed by atoms with van der Waals surface area (Å²) in [5.41, 5.74) is 1.04. The third kappa shape index (κ3) is 2.82. The first-order valence-electron chi connectivity index (χ1n) is 4.45. The molecule has 0 bridgehead atoms. The Balaban J connectivity index is 0.000000124. The van der Waals surface area contributed by atoms with Gasteiger partial charge in [-0.3, -0.25) is 4.98 Å². The van der Waals surface area contributed by atoms with Crippen LogP contribution in [-0.4, -0.2) is 15.0 Å². The Morgan fingerprint density at radius 2 is 1.87 bits per heavy atom. The molecule has 3 aromatic heterocycles. The zero-order valence-corrected chi connectivity index (χ0v) is 8.76. The number of pyridine rings is 1. The molecule has 0 aliphatic heterocycles. The number of fused-ring (bicyclic) bond motifs is 1. The van der Waals surface area contributed by atoms with Crippen LogP contribution in [0, 0.1) is 0 Å². The van der Waals surface area contributed by atoms with Crippen LogP contribution < -0.4 is 0 Å². The number of thiophene rings is 1. The van der Waals surface area contributed by atoms with Crippen molar-refractivity contribution in [2.75, 3.05) is 0 Å². The van der Waals surface area contributed by atoms with Gasteiger partial charge < -0.3 is 0 Å². The highest BCUT2D eigenvalue weighted by molar-refractivity contribution is 7.17. The molecule has 3 nitrogen and oxygen atoms in total. The molecule has 3 aromatic rings.